The maximum atomic E-state index is 6.40. The van der Waals surface area contributed by atoms with Crippen LogP contribution in [0.1, 0.15) is 38.8 Å². The van der Waals surface area contributed by atoms with Crippen LogP contribution in [0.5, 0.6) is 0 Å². The summed E-state index contributed by atoms with van der Waals surface area (Å²) in [5, 5.41) is 9.04. The zero-order valence-electron chi connectivity index (χ0n) is 35.5. The minimum Gasteiger partial charge on any atom is -0.456 e. The van der Waals surface area contributed by atoms with Gasteiger partial charge in [0.05, 0.1) is 11.0 Å². The van der Waals surface area contributed by atoms with Gasteiger partial charge in [0.25, 0.3) is 0 Å². The molecule has 0 amide bonds. The molecule has 5 heteroatoms. The summed E-state index contributed by atoms with van der Waals surface area (Å²) in [4.78, 5) is 16.1. The van der Waals surface area contributed by atoms with Crippen LogP contribution in [0, 0.1) is 0 Å². The second-order valence-corrected chi connectivity index (χ2v) is 16.8. The van der Waals surface area contributed by atoms with Crippen LogP contribution in [-0.2, 0) is 5.41 Å². The molecule has 12 aromatic rings. The van der Waals surface area contributed by atoms with Gasteiger partial charge in [0.2, 0.25) is 5.95 Å². The van der Waals surface area contributed by atoms with E-state index in [4.69, 9.17) is 19.4 Å². The van der Waals surface area contributed by atoms with E-state index >= 15 is 0 Å². The number of aromatic nitrogens is 4. The molecule has 0 spiro atoms. The number of furan rings is 1. The first-order valence-corrected chi connectivity index (χ1v) is 21.8. The van der Waals surface area contributed by atoms with Crippen LogP contribution in [0.15, 0.2) is 186 Å². The molecule has 1 aliphatic carbocycles. The Labute approximate surface area is 365 Å². The van der Waals surface area contributed by atoms with Gasteiger partial charge in [0.1, 0.15) is 11.2 Å². The van der Waals surface area contributed by atoms with Gasteiger partial charge in [-0.25, -0.2) is 4.98 Å². The van der Waals surface area contributed by atoms with E-state index in [-0.39, 0.29) is 5.41 Å². The molecular formula is C58H42N4O. The first-order chi connectivity index (χ1) is 31.0. The van der Waals surface area contributed by atoms with Crippen molar-refractivity contribution in [2.45, 2.75) is 33.1 Å². The maximum absolute atomic E-state index is 6.40. The Morgan fingerprint density at radius 1 is 0.429 bits per heavy atom. The molecule has 9 aromatic carbocycles. The van der Waals surface area contributed by atoms with Gasteiger partial charge in [-0.15, -0.1) is 0 Å². The molecule has 3 aromatic heterocycles. The molecule has 5 nitrogen and oxygen atoms in total. The third kappa shape index (κ3) is 5.59. The second-order valence-electron chi connectivity index (χ2n) is 16.8. The normalized spacial score (nSPS) is 12.9. The highest BCUT2D eigenvalue weighted by Gasteiger charge is 2.37. The molecule has 0 bridgehead atoms. The lowest BCUT2D eigenvalue weighted by Gasteiger charge is -2.21. The van der Waals surface area contributed by atoms with Gasteiger partial charge in [-0.05, 0) is 85.8 Å². The van der Waals surface area contributed by atoms with Crippen molar-refractivity contribution in [1.29, 1.82) is 0 Å². The number of nitrogens with zero attached hydrogens (tertiary/aromatic N) is 4. The van der Waals surface area contributed by atoms with Crippen LogP contribution in [0.2, 0.25) is 0 Å². The first-order valence-electron chi connectivity index (χ1n) is 21.8. The van der Waals surface area contributed by atoms with Crippen molar-refractivity contribution in [3.63, 3.8) is 0 Å². The van der Waals surface area contributed by atoms with Crippen LogP contribution < -0.4 is 0 Å². The van der Waals surface area contributed by atoms with E-state index in [0.29, 0.717) is 17.6 Å². The van der Waals surface area contributed by atoms with Gasteiger partial charge in [-0.2, -0.15) is 9.97 Å². The monoisotopic (exact) mass is 810 g/mol. The van der Waals surface area contributed by atoms with Crippen LogP contribution in [-0.4, -0.2) is 19.5 Å². The Morgan fingerprint density at radius 2 is 1.02 bits per heavy atom. The highest BCUT2D eigenvalue weighted by molar-refractivity contribution is 6.17. The molecular weight excluding hydrogens is 769 g/mol. The molecule has 0 atom stereocenters. The van der Waals surface area contributed by atoms with Crippen molar-refractivity contribution in [2.24, 2.45) is 0 Å². The van der Waals surface area contributed by atoms with E-state index in [1.807, 2.05) is 32.0 Å². The second kappa shape index (κ2) is 14.1. The summed E-state index contributed by atoms with van der Waals surface area (Å²) in [5.74, 6) is 1.72. The summed E-state index contributed by atoms with van der Waals surface area (Å²) in [6.45, 7) is 8.68. The SMILES string of the molecule is CC.CC1(C)c2ccccc2-c2c(-c3cccc4c5cc6ccccc6cc5n(-c5nc(-c6ccc7ccccc7c6)nc(-c6ccc7c(c6)oc6ccccc67)n5)c34)cccc21. The lowest BCUT2D eigenvalue weighted by Crippen LogP contribution is -2.14. The topological polar surface area (TPSA) is 56.7 Å². The van der Waals surface area contributed by atoms with Gasteiger partial charge in [0.15, 0.2) is 11.6 Å². The summed E-state index contributed by atoms with van der Waals surface area (Å²) in [7, 11) is 0. The van der Waals surface area contributed by atoms with Crippen LogP contribution in [0.3, 0.4) is 0 Å². The average Bonchev–Trinajstić information content (AvgIpc) is 3.96. The van der Waals surface area contributed by atoms with Crippen LogP contribution >= 0.6 is 0 Å². The number of benzene rings is 9. The molecule has 0 radical (unpaired) electrons. The van der Waals surface area contributed by atoms with Crippen LogP contribution in [0.4, 0.5) is 0 Å². The predicted octanol–water partition coefficient (Wildman–Crippen LogP) is 15.5. The lowest BCUT2D eigenvalue weighted by atomic mass is 9.82. The molecule has 1 aliphatic rings. The largest absolute Gasteiger partial charge is 0.456 e. The van der Waals surface area contributed by atoms with E-state index in [0.717, 1.165) is 76.6 Å². The Morgan fingerprint density at radius 3 is 1.84 bits per heavy atom. The highest BCUT2D eigenvalue weighted by atomic mass is 16.3. The van der Waals surface area contributed by atoms with Crippen molar-refractivity contribution in [1.82, 2.24) is 19.5 Å². The zero-order valence-corrected chi connectivity index (χ0v) is 35.5. The van der Waals surface area contributed by atoms with Gasteiger partial charge in [-0.3, -0.25) is 4.57 Å². The minimum absolute atomic E-state index is 0.140. The van der Waals surface area contributed by atoms with Crippen molar-refractivity contribution in [3.8, 4) is 51.0 Å². The zero-order chi connectivity index (χ0) is 42.4. The maximum Gasteiger partial charge on any atom is 0.238 e. The summed E-state index contributed by atoms with van der Waals surface area (Å²) >= 11 is 0. The summed E-state index contributed by atoms with van der Waals surface area (Å²) in [5.41, 5.74) is 12.9. The van der Waals surface area contributed by atoms with E-state index in [1.165, 1.54) is 33.2 Å². The smallest absolute Gasteiger partial charge is 0.238 e. The Hall–Kier alpha value is -7.89. The van der Waals surface area contributed by atoms with Crippen molar-refractivity contribution < 1.29 is 4.42 Å². The average molecular weight is 811 g/mol. The minimum atomic E-state index is -0.140. The summed E-state index contributed by atoms with van der Waals surface area (Å²) in [6.07, 6.45) is 0. The highest BCUT2D eigenvalue weighted by Crippen LogP contribution is 2.53. The molecule has 0 N–H and O–H groups in total. The molecule has 0 saturated heterocycles. The third-order valence-electron chi connectivity index (χ3n) is 13.0. The molecule has 300 valence electrons. The molecule has 0 fully saturated rings. The first kappa shape index (κ1) is 36.9. The van der Waals surface area contributed by atoms with Crippen molar-refractivity contribution in [3.05, 3.63) is 193 Å². The number of rotatable bonds is 4. The number of para-hydroxylation sites is 2. The number of fused-ring (bicyclic) bond motifs is 11. The van der Waals surface area contributed by atoms with Gasteiger partial charge < -0.3 is 4.42 Å². The fourth-order valence-corrected chi connectivity index (χ4v) is 10.1. The summed E-state index contributed by atoms with van der Waals surface area (Å²) in [6, 6.07) is 64.9. The van der Waals surface area contributed by atoms with Crippen molar-refractivity contribution >= 4 is 65.3 Å². The molecule has 13 rings (SSSR count). The molecule has 0 saturated carbocycles. The molecule has 0 unspecified atom stereocenters. The fraction of sp³-hybridized carbons (Fsp3) is 0.0862. The number of hydrogen-bond acceptors (Lipinski definition) is 4. The van der Waals surface area contributed by atoms with Gasteiger partial charge in [-0.1, -0.05) is 173 Å². The Bertz CT molecular complexity index is 3810. The lowest BCUT2D eigenvalue weighted by molar-refractivity contribution is 0.660. The standard InChI is InChI=1S/C56H36N4O.C2H6/c1-56(2)46-22-9-7-18-44(46)51-41(19-12-23-47(51)56)42-20-11-21-43-45-30-35-15-5-6-16-36(35)31-48(45)60(52(42)43)55-58-53(37-26-25-33-13-3-4-14-34(33)29-37)57-54(59-55)38-27-28-40-39-17-8-10-24-49(39)61-50(40)32-38;1-2/h3-32H,1-2H3;1-2H3. The van der Waals surface area contributed by atoms with Crippen molar-refractivity contribution in [2.75, 3.05) is 0 Å². The van der Waals surface area contributed by atoms with E-state index in [1.54, 1.807) is 0 Å². The number of hydrogen-bond donors (Lipinski definition) is 0. The molecule has 63 heavy (non-hydrogen) atoms. The van der Waals surface area contributed by atoms with Crippen LogP contribution in [0.25, 0.3) is 116 Å². The third-order valence-corrected chi connectivity index (χ3v) is 13.0. The van der Waals surface area contributed by atoms with E-state index < -0.39 is 0 Å². The Balaban J connectivity index is 0.00000208. The Kier molecular flexibility index (Phi) is 8.25. The van der Waals surface area contributed by atoms with E-state index in [2.05, 4.69) is 182 Å². The summed E-state index contributed by atoms with van der Waals surface area (Å²) < 4.78 is 8.69. The van der Waals surface area contributed by atoms with Gasteiger partial charge in [0, 0.05) is 43.7 Å². The fourth-order valence-electron chi connectivity index (χ4n) is 10.1. The molecule has 3 heterocycles. The molecule has 0 aliphatic heterocycles. The quantitative estimate of drug-likeness (QED) is 0.178. The van der Waals surface area contributed by atoms with Gasteiger partial charge >= 0.3 is 0 Å². The predicted molar refractivity (Wildman–Crippen MR) is 262 cm³/mol. The van der Waals surface area contributed by atoms with E-state index in [9.17, 15) is 0 Å².